The summed E-state index contributed by atoms with van der Waals surface area (Å²) in [6.07, 6.45) is 1.68. The lowest BCUT2D eigenvalue weighted by Gasteiger charge is -2.14. The number of carbonyl (C=O) groups excluding carboxylic acids is 1. The lowest BCUT2D eigenvalue weighted by atomic mass is 10.2. The summed E-state index contributed by atoms with van der Waals surface area (Å²) in [6, 6.07) is 20.6. The standard InChI is InChI=1S/C24H19NO4S3/c1-16-6-10-19(11-7-16)25-23(26)22(31-24(25)30)15-18-4-3-5-20(14-18)29-32(27,28)21-12-8-17(2)9-13-21/h3-15H,1-2H3/b22-15-. The van der Waals surface area contributed by atoms with Crippen LogP contribution in [0.3, 0.4) is 0 Å². The molecule has 32 heavy (non-hydrogen) atoms. The Kier molecular flexibility index (Phi) is 6.19. The van der Waals surface area contributed by atoms with Crippen LogP contribution in [0.4, 0.5) is 5.69 Å². The summed E-state index contributed by atoms with van der Waals surface area (Å²) >= 11 is 6.61. The highest BCUT2D eigenvalue weighted by molar-refractivity contribution is 8.27. The molecule has 0 spiro atoms. The van der Waals surface area contributed by atoms with Crippen molar-refractivity contribution in [3.05, 3.63) is 94.4 Å². The Morgan fingerprint density at radius 2 is 1.56 bits per heavy atom. The molecule has 0 aliphatic carbocycles. The summed E-state index contributed by atoms with van der Waals surface area (Å²) in [7, 11) is -3.96. The smallest absolute Gasteiger partial charge is 0.339 e. The molecule has 162 valence electrons. The minimum absolute atomic E-state index is 0.0764. The second-order valence-corrected chi connectivity index (χ2v) is 10.5. The zero-order valence-corrected chi connectivity index (χ0v) is 19.8. The van der Waals surface area contributed by atoms with Crippen molar-refractivity contribution >= 4 is 56.1 Å². The average molecular weight is 482 g/mol. The zero-order valence-electron chi connectivity index (χ0n) is 17.3. The molecule has 1 aliphatic heterocycles. The minimum atomic E-state index is -3.96. The van der Waals surface area contributed by atoms with Crippen molar-refractivity contribution in [3.8, 4) is 5.75 Å². The fourth-order valence-electron chi connectivity index (χ4n) is 3.07. The van der Waals surface area contributed by atoms with Crippen molar-refractivity contribution in [2.45, 2.75) is 18.7 Å². The third-order valence-electron chi connectivity index (χ3n) is 4.76. The maximum absolute atomic E-state index is 13.0. The summed E-state index contributed by atoms with van der Waals surface area (Å²) in [4.78, 5) is 15.0. The molecule has 5 nitrogen and oxygen atoms in total. The number of rotatable bonds is 5. The number of aryl methyl sites for hydroxylation is 2. The Balaban J connectivity index is 1.57. The van der Waals surface area contributed by atoms with Crippen LogP contribution in [0.1, 0.15) is 16.7 Å². The van der Waals surface area contributed by atoms with Crippen molar-refractivity contribution in [2.75, 3.05) is 4.90 Å². The lowest BCUT2D eigenvalue weighted by molar-refractivity contribution is -0.113. The van der Waals surface area contributed by atoms with Crippen molar-refractivity contribution in [2.24, 2.45) is 0 Å². The quantitative estimate of drug-likeness (QED) is 0.273. The molecule has 0 radical (unpaired) electrons. The predicted octanol–water partition coefficient (Wildman–Crippen LogP) is 5.48. The van der Waals surface area contributed by atoms with Crippen LogP contribution in [0.2, 0.25) is 0 Å². The van der Waals surface area contributed by atoms with E-state index in [9.17, 15) is 13.2 Å². The first kappa shape index (κ1) is 22.3. The van der Waals surface area contributed by atoms with Gasteiger partial charge in [0.1, 0.15) is 10.6 Å². The molecule has 1 heterocycles. The zero-order chi connectivity index (χ0) is 22.9. The molecule has 1 fully saturated rings. The fraction of sp³-hybridized carbons (Fsp3) is 0.0833. The van der Waals surface area contributed by atoms with Gasteiger partial charge < -0.3 is 4.18 Å². The number of benzene rings is 3. The predicted molar refractivity (Wildman–Crippen MR) is 132 cm³/mol. The van der Waals surface area contributed by atoms with Crippen molar-refractivity contribution in [3.63, 3.8) is 0 Å². The fourth-order valence-corrected chi connectivity index (χ4v) is 5.29. The Bertz CT molecular complexity index is 1330. The van der Waals surface area contributed by atoms with E-state index < -0.39 is 10.1 Å². The number of hydrogen-bond donors (Lipinski definition) is 0. The number of amides is 1. The van der Waals surface area contributed by atoms with Gasteiger partial charge in [-0.05, 0) is 61.9 Å². The summed E-state index contributed by atoms with van der Waals surface area (Å²) in [6.45, 7) is 3.85. The van der Waals surface area contributed by atoms with Crippen LogP contribution in [-0.2, 0) is 14.9 Å². The largest absolute Gasteiger partial charge is 0.379 e. The summed E-state index contributed by atoms with van der Waals surface area (Å²) in [5, 5.41) is 0. The Morgan fingerprint density at radius 3 is 2.22 bits per heavy atom. The van der Waals surface area contributed by atoms with E-state index in [4.69, 9.17) is 16.4 Å². The minimum Gasteiger partial charge on any atom is -0.379 e. The average Bonchev–Trinajstić information content (AvgIpc) is 3.02. The van der Waals surface area contributed by atoms with E-state index in [2.05, 4.69) is 0 Å². The number of hydrogen-bond acceptors (Lipinski definition) is 6. The molecule has 0 bridgehead atoms. The first-order chi connectivity index (χ1) is 15.2. The van der Waals surface area contributed by atoms with Gasteiger partial charge in [0, 0.05) is 0 Å². The number of nitrogens with zero attached hydrogens (tertiary/aromatic N) is 1. The van der Waals surface area contributed by atoms with E-state index in [1.807, 2.05) is 38.1 Å². The van der Waals surface area contributed by atoms with E-state index in [-0.39, 0.29) is 16.6 Å². The first-order valence-electron chi connectivity index (χ1n) is 9.69. The van der Waals surface area contributed by atoms with E-state index in [1.54, 1.807) is 42.5 Å². The van der Waals surface area contributed by atoms with E-state index in [0.717, 1.165) is 11.1 Å². The summed E-state index contributed by atoms with van der Waals surface area (Å²) in [5.41, 5.74) is 3.38. The Labute approximate surface area is 196 Å². The summed E-state index contributed by atoms with van der Waals surface area (Å²) in [5.74, 6) is -0.0595. The molecule has 1 aliphatic rings. The van der Waals surface area contributed by atoms with Crippen LogP contribution in [0, 0.1) is 13.8 Å². The molecule has 0 saturated carbocycles. The van der Waals surface area contributed by atoms with E-state index in [1.165, 1.54) is 28.8 Å². The number of carbonyl (C=O) groups is 1. The van der Waals surface area contributed by atoms with Gasteiger partial charge in [-0.25, -0.2) is 0 Å². The molecule has 3 aromatic carbocycles. The van der Waals surface area contributed by atoms with Gasteiger partial charge >= 0.3 is 10.1 Å². The first-order valence-corrected chi connectivity index (χ1v) is 12.3. The highest BCUT2D eigenvalue weighted by Gasteiger charge is 2.33. The molecule has 4 rings (SSSR count). The van der Waals surface area contributed by atoms with Crippen LogP contribution in [0.15, 0.2) is 82.6 Å². The molecule has 0 unspecified atom stereocenters. The Morgan fingerprint density at radius 1 is 0.938 bits per heavy atom. The highest BCUT2D eigenvalue weighted by Crippen LogP contribution is 2.36. The van der Waals surface area contributed by atoms with Gasteiger partial charge in [0.25, 0.3) is 5.91 Å². The molecule has 3 aromatic rings. The maximum Gasteiger partial charge on any atom is 0.339 e. The lowest BCUT2D eigenvalue weighted by Crippen LogP contribution is -2.27. The van der Waals surface area contributed by atoms with Crippen molar-refractivity contribution in [1.29, 1.82) is 0 Å². The third-order valence-corrected chi connectivity index (χ3v) is 7.32. The molecule has 1 amide bonds. The van der Waals surface area contributed by atoms with Crippen LogP contribution in [0.25, 0.3) is 6.08 Å². The van der Waals surface area contributed by atoms with E-state index in [0.29, 0.717) is 20.5 Å². The van der Waals surface area contributed by atoms with Gasteiger partial charge in [-0.2, -0.15) is 8.42 Å². The third kappa shape index (κ3) is 4.77. The Hall–Kier alpha value is -2.94. The second kappa shape index (κ2) is 8.90. The normalized spacial score (nSPS) is 15.4. The van der Waals surface area contributed by atoms with Crippen molar-refractivity contribution in [1.82, 2.24) is 0 Å². The van der Waals surface area contributed by atoms with Gasteiger partial charge in [0.15, 0.2) is 4.32 Å². The van der Waals surface area contributed by atoms with E-state index >= 15 is 0 Å². The van der Waals surface area contributed by atoms with Gasteiger partial charge in [0.2, 0.25) is 0 Å². The molecular weight excluding hydrogens is 462 g/mol. The topological polar surface area (TPSA) is 63.7 Å². The van der Waals surface area contributed by atoms with Crippen LogP contribution < -0.4 is 9.08 Å². The van der Waals surface area contributed by atoms with Gasteiger partial charge in [-0.3, -0.25) is 9.69 Å². The molecule has 0 aromatic heterocycles. The van der Waals surface area contributed by atoms with Crippen LogP contribution in [-0.4, -0.2) is 18.6 Å². The second-order valence-electron chi connectivity index (χ2n) is 7.28. The summed E-state index contributed by atoms with van der Waals surface area (Å²) < 4.78 is 30.9. The number of thiocarbonyl (C=S) groups is 1. The monoisotopic (exact) mass is 481 g/mol. The number of thioether (sulfide) groups is 1. The van der Waals surface area contributed by atoms with Crippen LogP contribution >= 0.6 is 24.0 Å². The molecule has 8 heteroatoms. The SMILES string of the molecule is Cc1ccc(N2C(=O)/C(=C/c3cccc(OS(=O)(=O)c4ccc(C)cc4)c3)SC2=S)cc1. The van der Waals surface area contributed by atoms with Crippen LogP contribution in [0.5, 0.6) is 5.75 Å². The van der Waals surface area contributed by atoms with Gasteiger partial charge in [-0.1, -0.05) is 71.5 Å². The van der Waals surface area contributed by atoms with Crippen molar-refractivity contribution < 1.29 is 17.4 Å². The highest BCUT2D eigenvalue weighted by atomic mass is 32.2. The molecule has 1 saturated heterocycles. The number of anilines is 1. The van der Waals surface area contributed by atoms with Gasteiger partial charge in [0.05, 0.1) is 10.6 Å². The molecular formula is C24H19NO4S3. The molecule has 0 atom stereocenters. The molecule has 0 N–H and O–H groups in total. The van der Waals surface area contributed by atoms with Gasteiger partial charge in [-0.15, -0.1) is 0 Å². The maximum atomic E-state index is 13.0.